The molecule has 2 N–H and O–H groups in total. The highest BCUT2D eigenvalue weighted by atomic mass is 32.2. The molecule has 4 aromatic rings. The van der Waals surface area contributed by atoms with Gasteiger partial charge in [-0.3, -0.25) is 18.6 Å². The summed E-state index contributed by atoms with van der Waals surface area (Å²) in [5.74, 6) is 0.952. The standard InChI is InChI=1S/C20H20N6O3S/c1-30-11-9-15(18-24-23-16-8-4-5-10-25(16)18)21-17(27)12-26-19(28)13-6-2-3-7-14(13)22-20(26)29/h2-8,10,15H,9,11-12H2,1H3,(H,21,27)(H,22,29)/t15-/m0/s1. The molecular weight excluding hydrogens is 404 g/mol. The van der Waals surface area contributed by atoms with Crippen LogP contribution in [-0.4, -0.2) is 42.1 Å². The summed E-state index contributed by atoms with van der Waals surface area (Å²) in [4.78, 5) is 40.4. The Hall–Kier alpha value is -3.40. The number of amides is 1. The number of nitrogens with one attached hydrogen (secondary N) is 2. The number of thioether (sulfide) groups is 1. The summed E-state index contributed by atoms with van der Waals surface area (Å²) in [6, 6.07) is 11.9. The second-order valence-corrected chi connectivity index (χ2v) is 7.74. The summed E-state index contributed by atoms with van der Waals surface area (Å²) in [5.41, 5.74) is -0.00411. The Bertz CT molecular complexity index is 1330. The third-order valence-corrected chi connectivity index (χ3v) is 5.43. The van der Waals surface area contributed by atoms with Gasteiger partial charge >= 0.3 is 5.69 Å². The highest BCUT2D eigenvalue weighted by molar-refractivity contribution is 7.98. The van der Waals surface area contributed by atoms with Crippen LogP contribution in [-0.2, 0) is 11.3 Å². The van der Waals surface area contributed by atoms with E-state index in [9.17, 15) is 14.4 Å². The molecule has 0 aliphatic heterocycles. The number of aromatic nitrogens is 5. The van der Waals surface area contributed by atoms with Gasteiger partial charge in [0.1, 0.15) is 6.54 Å². The minimum atomic E-state index is -0.623. The van der Waals surface area contributed by atoms with Gasteiger partial charge in [-0.1, -0.05) is 18.2 Å². The van der Waals surface area contributed by atoms with Crippen LogP contribution in [0.5, 0.6) is 0 Å². The molecule has 0 aliphatic carbocycles. The van der Waals surface area contributed by atoms with Gasteiger partial charge in [0.25, 0.3) is 5.56 Å². The van der Waals surface area contributed by atoms with Crippen LogP contribution in [0.25, 0.3) is 16.6 Å². The van der Waals surface area contributed by atoms with Crippen LogP contribution >= 0.6 is 11.8 Å². The van der Waals surface area contributed by atoms with Gasteiger partial charge in [0, 0.05) is 6.20 Å². The molecule has 0 unspecified atom stereocenters. The quantitative estimate of drug-likeness (QED) is 0.463. The summed E-state index contributed by atoms with van der Waals surface area (Å²) < 4.78 is 2.73. The van der Waals surface area contributed by atoms with E-state index in [0.717, 1.165) is 10.3 Å². The van der Waals surface area contributed by atoms with Gasteiger partial charge in [0.2, 0.25) is 5.91 Å². The molecule has 0 aliphatic rings. The summed E-state index contributed by atoms with van der Waals surface area (Å²) in [5, 5.41) is 11.6. The number of fused-ring (bicyclic) bond motifs is 2. The van der Waals surface area contributed by atoms with E-state index in [4.69, 9.17) is 0 Å². The van der Waals surface area contributed by atoms with Crippen molar-refractivity contribution in [1.29, 1.82) is 0 Å². The van der Waals surface area contributed by atoms with Crippen LogP contribution < -0.4 is 16.6 Å². The lowest BCUT2D eigenvalue weighted by atomic mass is 10.2. The summed E-state index contributed by atoms with van der Waals surface area (Å²) in [6.07, 6.45) is 4.45. The van der Waals surface area contributed by atoms with Crippen LogP contribution in [0.3, 0.4) is 0 Å². The Morgan fingerprint density at radius 1 is 1.17 bits per heavy atom. The molecule has 1 amide bonds. The van der Waals surface area contributed by atoms with Gasteiger partial charge in [0.15, 0.2) is 11.5 Å². The van der Waals surface area contributed by atoms with E-state index in [1.807, 2.05) is 35.1 Å². The predicted octanol–water partition coefficient (Wildman–Crippen LogP) is 1.34. The highest BCUT2D eigenvalue weighted by Crippen LogP contribution is 2.18. The van der Waals surface area contributed by atoms with Crippen molar-refractivity contribution >= 4 is 34.2 Å². The van der Waals surface area contributed by atoms with Crippen LogP contribution in [0, 0.1) is 0 Å². The first-order chi connectivity index (χ1) is 14.6. The van der Waals surface area contributed by atoms with Gasteiger partial charge in [-0.15, -0.1) is 10.2 Å². The number of para-hydroxylation sites is 1. The monoisotopic (exact) mass is 424 g/mol. The third kappa shape index (κ3) is 3.86. The SMILES string of the molecule is CSCC[C@H](NC(=O)Cn1c(=O)[nH]c2ccccc2c1=O)c1nnc2ccccn12. The molecule has 9 nitrogen and oxygen atoms in total. The number of carbonyl (C=O) groups excluding carboxylic acids is 1. The van der Waals surface area contributed by atoms with Gasteiger partial charge in [-0.25, -0.2) is 4.79 Å². The molecule has 0 saturated carbocycles. The van der Waals surface area contributed by atoms with Gasteiger partial charge in [-0.2, -0.15) is 11.8 Å². The number of nitrogens with zero attached hydrogens (tertiary/aromatic N) is 4. The number of hydrogen-bond donors (Lipinski definition) is 2. The molecule has 3 heterocycles. The van der Waals surface area contributed by atoms with Gasteiger partial charge in [-0.05, 0) is 42.7 Å². The maximum absolute atomic E-state index is 12.8. The van der Waals surface area contributed by atoms with E-state index < -0.39 is 23.2 Å². The van der Waals surface area contributed by atoms with E-state index >= 15 is 0 Å². The zero-order valence-corrected chi connectivity index (χ0v) is 17.1. The maximum Gasteiger partial charge on any atom is 0.329 e. The molecule has 3 aromatic heterocycles. The fourth-order valence-electron chi connectivity index (χ4n) is 3.33. The molecule has 154 valence electrons. The fraction of sp³-hybridized carbons (Fsp3) is 0.250. The van der Waals surface area contributed by atoms with Crippen molar-refractivity contribution in [3.05, 3.63) is 75.3 Å². The highest BCUT2D eigenvalue weighted by Gasteiger charge is 2.21. The first-order valence-electron chi connectivity index (χ1n) is 9.38. The van der Waals surface area contributed by atoms with E-state index in [1.165, 1.54) is 0 Å². The molecule has 0 bridgehead atoms. The molecule has 0 saturated heterocycles. The Labute approximate surface area is 175 Å². The number of carbonyl (C=O) groups is 1. The Kier molecular flexibility index (Phi) is 5.66. The number of H-pyrrole nitrogens is 1. The molecule has 0 radical (unpaired) electrons. The number of pyridine rings is 1. The van der Waals surface area contributed by atoms with Crippen molar-refractivity contribution in [3.8, 4) is 0 Å². The zero-order valence-electron chi connectivity index (χ0n) is 16.2. The van der Waals surface area contributed by atoms with Crippen molar-refractivity contribution in [2.75, 3.05) is 12.0 Å². The lowest BCUT2D eigenvalue weighted by Crippen LogP contribution is -2.41. The molecule has 30 heavy (non-hydrogen) atoms. The smallest absolute Gasteiger partial charge is 0.329 e. The largest absolute Gasteiger partial charge is 0.344 e. The first-order valence-corrected chi connectivity index (χ1v) is 10.8. The zero-order chi connectivity index (χ0) is 21.1. The van der Waals surface area contributed by atoms with Crippen LogP contribution in [0.15, 0.2) is 58.3 Å². The van der Waals surface area contributed by atoms with Crippen LogP contribution in [0.4, 0.5) is 0 Å². The molecule has 10 heteroatoms. The lowest BCUT2D eigenvalue weighted by molar-refractivity contribution is -0.122. The molecule has 4 rings (SSSR count). The molecule has 1 aromatic carbocycles. The fourth-order valence-corrected chi connectivity index (χ4v) is 3.80. The van der Waals surface area contributed by atoms with Crippen LogP contribution in [0.1, 0.15) is 18.3 Å². The number of benzene rings is 1. The topological polar surface area (TPSA) is 114 Å². The van der Waals surface area contributed by atoms with Crippen molar-refractivity contribution in [2.24, 2.45) is 0 Å². The summed E-state index contributed by atoms with van der Waals surface area (Å²) in [6.45, 7) is -0.383. The molecule has 0 spiro atoms. The number of aromatic amines is 1. The second-order valence-electron chi connectivity index (χ2n) is 6.76. The average molecular weight is 424 g/mol. The Morgan fingerprint density at radius 3 is 2.80 bits per heavy atom. The molecule has 0 fully saturated rings. The van der Waals surface area contributed by atoms with Crippen molar-refractivity contribution in [2.45, 2.75) is 19.0 Å². The normalized spacial score (nSPS) is 12.3. The van der Waals surface area contributed by atoms with Crippen molar-refractivity contribution in [1.82, 2.24) is 29.5 Å². The average Bonchev–Trinajstić information content (AvgIpc) is 3.18. The molecule has 1 atom stereocenters. The van der Waals surface area contributed by atoms with E-state index in [2.05, 4.69) is 20.5 Å². The number of rotatable bonds is 7. The van der Waals surface area contributed by atoms with E-state index in [0.29, 0.717) is 28.8 Å². The Balaban J connectivity index is 1.62. The summed E-state index contributed by atoms with van der Waals surface area (Å²) >= 11 is 1.65. The summed E-state index contributed by atoms with van der Waals surface area (Å²) in [7, 11) is 0. The lowest BCUT2D eigenvalue weighted by Gasteiger charge is -2.17. The second kappa shape index (κ2) is 8.54. The van der Waals surface area contributed by atoms with Crippen molar-refractivity contribution < 1.29 is 4.79 Å². The third-order valence-electron chi connectivity index (χ3n) is 4.79. The Morgan fingerprint density at radius 2 is 1.97 bits per heavy atom. The maximum atomic E-state index is 12.8. The first kappa shape index (κ1) is 19.9. The minimum Gasteiger partial charge on any atom is -0.344 e. The predicted molar refractivity (Wildman–Crippen MR) is 116 cm³/mol. The van der Waals surface area contributed by atoms with Crippen LogP contribution in [0.2, 0.25) is 0 Å². The van der Waals surface area contributed by atoms with E-state index in [-0.39, 0.29) is 6.54 Å². The van der Waals surface area contributed by atoms with Crippen molar-refractivity contribution in [3.63, 3.8) is 0 Å². The molecular formula is C20H20N6O3S. The van der Waals surface area contributed by atoms with Gasteiger partial charge < -0.3 is 10.3 Å². The number of hydrogen-bond acceptors (Lipinski definition) is 6. The van der Waals surface area contributed by atoms with E-state index in [1.54, 1.807) is 36.0 Å². The van der Waals surface area contributed by atoms with Gasteiger partial charge in [0.05, 0.1) is 16.9 Å². The minimum absolute atomic E-state index is 0.354.